The zero-order chi connectivity index (χ0) is 7.68. The quantitative estimate of drug-likeness (QED) is 0.544. The fourth-order valence-corrected chi connectivity index (χ4v) is 1.58. The van der Waals surface area contributed by atoms with Gasteiger partial charge < -0.3 is 9.47 Å². The summed E-state index contributed by atoms with van der Waals surface area (Å²) >= 11 is 0. The molecule has 0 aliphatic carbocycles. The van der Waals surface area contributed by atoms with Gasteiger partial charge in [0.25, 0.3) is 0 Å². The van der Waals surface area contributed by atoms with Gasteiger partial charge in [-0.05, 0) is 6.42 Å². The van der Waals surface area contributed by atoms with Crippen molar-refractivity contribution in [2.45, 2.75) is 25.7 Å². The Morgan fingerprint density at radius 1 is 1.36 bits per heavy atom. The van der Waals surface area contributed by atoms with Crippen LogP contribution < -0.4 is 0 Å². The van der Waals surface area contributed by atoms with Gasteiger partial charge in [0.2, 0.25) is 0 Å². The molecule has 2 rings (SSSR count). The highest BCUT2D eigenvalue weighted by Gasteiger charge is 2.42. The molecule has 2 atom stereocenters. The molecule has 3 heteroatoms. The van der Waals surface area contributed by atoms with Crippen molar-refractivity contribution in [3.63, 3.8) is 0 Å². The normalized spacial score (nSPS) is 39.0. The van der Waals surface area contributed by atoms with Gasteiger partial charge in [-0.2, -0.15) is 0 Å². The van der Waals surface area contributed by atoms with Crippen LogP contribution in [0.15, 0.2) is 0 Å². The Morgan fingerprint density at radius 2 is 2.09 bits per heavy atom. The second-order valence-corrected chi connectivity index (χ2v) is 3.12. The van der Waals surface area contributed by atoms with Crippen LogP contribution in [0.1, 0.15) is 13.3 Å². The highest BCUT2D eigenvalue weighted by atomic mass is 16.6. The zero-order valence-corrected chi connectivity index (χ0v) is 6.95. The van der Waals surface area contributed by atoms with E-state index in [0.29, 0.717) is 12.3 Å². The molecule has 0 aromatic carbocycles. The summed E-state index contributed by atoms with van der Waals surface area (Å²) in [6.45, 7) is 6.00. The summed E-state index contributed by atoms with van der Waals surface area (Å²) in [5, 5.41) is 0. The van der Waals surface area contributed by atoms with Crippen LogP contribution in [0.5, 0.6) is 0 Å². The number of epoxide rings is 1. The summed E-state index contributed by atoms with van der Waals surface area (Å²) in [6.07, 6.45) is 2.07. The van der Waals surface area contributed by atoms with Crippen LogP contribution in [0.2, 0.25) is 0 Å². The van der Waals surface area contributed by atoms with Gasteiger partial charge in [0.1, 0.15) is 6.23 Å². The molecule has 3 nitrogen and oxygen atoms in total. The van der Waals surface area contributed by atoms with Gasteiger partial charge in [-0.3, -0.25) is 4.90 Å². The van der Waals surface area contributed by atoms with Crippen LogP contribution in [0.3, 0.4) is 0 Å². The molecular formula is C8H15NO2. The van der Waals surface area contributed by atoms with E-state index < -0.39 is 0 Å². The number of nitrogens with zero attached hydrogens (tertiary/aromatic N) is 1. The summed E-state index contributed by atoms with van der Waals surface area (Å²) in [5.41, 5.74) is 0. The average molecular weight is 157 g/mol. The first-order valence-electron chi connectivity index (χ1n) is 4.39. The van der Waals surface area contributed by atoms with Crippen LogP contribution in [0, 0.1) is 0 Å². The molecule has 0 spiro atoms. The summed E-state index contributed by atoms with van der Waals surface area (Å²) in [4.78, 5) is 2.37. The standard InChI is InChI=1S/C8H15NO2/c1-2-7-8(11-7)9-3-5-10-6-4-9/h7-8H,2-6H2,1H3. The lowest BCUT2D eigenvalue weighted by Gasteiger charge is -2.24. The van der Waals surface area contributed by atoms with Crippen molar-refractivity contribution in [2.75, 3.05) is 26.3 Å². The van der Waals surface area contributed by atoms with Gasteiger partial charge in [-0.15, -0.1) is 0 Å². The van der Waals surface area contributed by atoms with E-state index in [1.54, 1.807) is 0 Å². The van der Waals surface area contributed by atoms with Crippen LogP contribution in [-0.4, -0.2) is 43.5 Å². The molecule has 0 amide bonds. The van der Waals surface area contributed by atoms with Crippen LogP contribution in [-0.2, 0) is 9.47 Å². The van der Waals surface area contributed by atoms with Crippen molar-refractivity contribution >= 4 is 0 Å². The molecule has 2 unspecified atom stereocenters. The average Bonchev–Trinajstić information content (AvgIpc) is 2.85. The molecule has 0 aromatic heterocycles. The Labute approximate surface area is 67.3 Å². The lowest BCUT2D eigenvalue weighted by Crippen LogP contribution is -2.39. The van der Waals surface area contributed by atoms with Crippen molar-refractivity contribution in [2.24, 2.45) is 0 Å². The maximum Gasteiger partial charge on any atom is 0.137 e. The highest BCUT2D eigenvalue weighted by molar-refractivity contribution is 4.84. The van der Waals surface area contributed by atoms with E-state index in [4.69, 9.17) is 9.47 Å². The summed E-state index contributed by atoms with van der Waals surface area (Å²) in [5.74, 6) is 0. The van der Waals surface area contributed by atoms with E-state index in [1.165, 1.54) is 0 Å². The Balaban J connectivity index is 1.77. The van der Waals surface area contributed by atoms with Crippen molar-refractivity contribution in [1.82, 2.24) is 4.90 Å². The summed E-state index contributed by atoms with van der Waals surface area (Å²) < 4.78 is 10.7. The van der Waals surface area contributed by atoms with Crippen LogP contribution >= 0.6 is 0 Å². The zero-order valence-electron chi connectivity index (χ0n) is 6.95. The highest BCUT2D eigenvalue weighted by Crippen LogP contribution is 2.28. The van der Waals surface area contributed by atoms with Gasteiger partial charge in [0, 0.05) is 13.1 Å². The Kier molecular flexibility index (Phi) is 2.11. The van der Waals surface area contributed by atoms with E-state index >= 15 is 0 Å². The monoisotopic (exact) mass is 157 g/mol. The van der Waals surface area contributed by atoms with E-state index in [0.717, 1.165) is 32.7 Å². The molecule has 2 saturated heterocycles. The minimum atomic E-state index is 0.420. The van der Waals surface area contributed by atoms with Gasteiger partial charge >= 0.3 is 0 Å². The molecule has 2 aliphatic rings. The van der Waals surface area contributed by atoms with Gasteiger partial charge in [-0.25, -0.2) is 0 Å². The molecule has 2 aliphatic heterocycles. The molecule has 0 bridgehead atoms. The molecule has 0 saturated carbocycles. The Morgan fingerprint density at radius 3 is 2.64 bits per heavy atom. The Bertz CT molecular complexity index is 134. The smallest absolute Gasteiger partial charge is 0.137 e. The molecule has 0 N–H and O–H groups in total. The first kappa shape index (κ1) is 7.53. The van der Waals surface area contributed by atoms with Crippen LogP contribution in [0.4, 0.5) is 0 Å². The molecule has 11 heavy (non-hydrogen) atoms. The second kappa shape index (κ2) is 3.09. The first-order valence-corrected chi connectivity index (χ1v) is 4.39. The van der Waals surface area contributed by atoms with E-state index in [9.17, 15) is 0 Å². The maximum absolute atomic E-state index is 5.48. The third-order valence-electron chi connectivity index (χ3n) is 2.36. The Hall–Kier alpha value is -0.120. The second-order valence-electron chi connectivity index (χ2n) is 3.12. The van der Waals surface area contributed by atoms with Crippen LogP contribution in [0.25, 0.3) is 0 Å². The van der Waals surface area contributed by atoms with E-state index in [1.807, 2.05) is 0 Å². The number of morpholine rings is 1. The number of rotatable bonds is 2. The molecule has 2 heterocycles. The SMILES string of the molecule is CCC1OC1N1CCOCC1. The molecule has 0 aromatic rings. The van der Waals surface area contributed by atoms with E-state index in [-0.39, 0.29) is 0 Å². The van der Waals surface area contributed by atoms with Crippen molar-refractivity contribution < 1.29 is 9.47 Å². The third-order valence-corrected chi connectivity index (χ3v) is 2.36. The first-order chi connectivity index (χ1) is 5.42. The molecular weight excluding hydrogens is 142 g/mol. The summed E-state index contributed by atoms with van der Waals surface area (Å²) in [7, 11) is 0. The van der Waals surface area contributed by atoms with Crippen molar-refractivity contribution in [3.05, 3.63) is 0 Å². The number of ether oxygens (including phenoxy) is 2. The molecule has 2 fully saturated rings. The maximum atomic E-state index is 5.48. The van der Waals surface area contributed by atoms with Gasteiger partial charge in [-0.1, -0.05) is 6.92 Å². The van der Waals surface area contributed by atoms with Gasteiger partial charge in [0.15, 0.2) is 0 Å². The number of hydrogen-bond acceptors (Lipinski definition) is 3. The summed E-state index contributed by atoms with van der Waals surface area (Å²) in [6, 6.07) is 0. The lowest BCUT2D eigenvalue weighted by molar-refractivity contribution is 0.0162. The lowest BCUT2D eigenvalue weighted by atomic mass is 10.3. The third kappa shape index (κ3) is 1.55. The fourth-order valence-electron chi connectivity index (χ4n) is 1.58. The predicted octanol–water partition coefficient (Wildman–Crippen LogP) is 0.454. The minimum Gasteiger partial charge on any atom is -0.379 e. The number of hydrogen-bond donors (Lipinski definition) is 0. The molecule has 0 radical (unpaired) electrons. The fraction of sp³-hybridized carbons (Fsp3) is 1.00. The van der Waals surface area contributed by atoms with E-state index in [2.05, 4.69) is 11.8 Å². The largest absolute Gasteiger partial charge is 0.379 e. The van der Waals surface area contributed by atoms with Gasteiger partial charge in [0.05, 0.1) is 19.3 Å². The minimum absolute atomic E-state index is 0.420. The predicted molar refractivity (Wildman–Crippen MR) is 41.3 cm³/mol. The topological polar surface area (TPSA) is 25.0 Å². The molecule has 64 valence electrons. The van der Waals surface area contributed by atoms with Crippen molar-refractivity contribution in [3.8, 4) is 0 Å². The van der Waals surface area contributed by atoms with Crippen molar-refractivity contribution in [1.29, 1.82) is 0 Å².